The van der Waals surface area contributed by atoms with Gasteiger partial charge in [0.1, 0.15) is 5.69 Å². The van der Waals surface area contributed by atoms with Gasteiger partial charge in [-0.2, -0.15) is 0 Å². The van der Waals surface area contributed by atoms with E-state index in [0.29, 0.717) is 10.6 Å². The lowest BCUT2D eigenvalue weighted by atomic mass is 10.1. The van der Waals surface area contributed by atoms with Crippen LogP contribution in [0.25, 0.3) is 21.3 Å². The van der Waals surface area contributed by atoms with Crippen molar-refractivity contribution in [1.82, 2.24) is 15.0 Å². The first-order valence-electron chi connectivity index (χ1n) is 7.51. The lowest BCUT2D eigenvalue weighted by Crippen LogP contribution is -2.13. The van der Waals surface area contributed by atoms with Crippen LogP contribution in [0, 0.1) is 13.8 Å². The van der Waals surface area contributed by atoms with Crippen LogP contribution in [0.3, 0.4) is 0 Å². The van der Waals surface area contributed by atoms with Crippen LogP contribution in [0.4, 0.5) is 5.13 Å². The van der Waals surface area contributed by atoms with E-state index in [0.717, 1.165) is 21.3 Å². The molecule has 0 bridgehead atoms. The van der Waals surface area contributed by atoms with E-state index in [9.17, 15) is 4.79 Å². The topological polar surface area (TPSA) is 67.8 Å². The molecule has 2 aromatic carbocycles. The Hall–Kier alpha value is -2.86. The molecule has 0 saturated heterocycles. The van der Waals surface area contributed by atoms with Crippen molar-refractivity contribution in [3.8, 4) is 0 Å². The van der Waals surface area contributed by atoms with Gasteiger partial charge in [0.05, 0.1) is 27.4 Å². The summed E-state index contributed by atoms with van der Waals surface area (Å²) in [6, 6.07) is 11.6. The number of para-hydroxylation sites is 2. The molecular weight excluding hydrogens is 320 g/mol. The Labute approximate surface area is 142 Å². The van der Waals surface area contributed by atoms with E-state index in [4.69, 9.17) is 0 Å². The maximum Gasteiger partial charge on any atom is 0.277 e. The van der Waals surface area contributed by atoms with Crippen LogP contribution in [0.1, 0.15) is 21.6 Å². The van der Waals surface area contributed by atoms with Crippen LogP contribution in [0.2, 0.25) is 0 Å². The number of fused-ring (bicyclic) bond motifs is 2. The Morgan fingerprint density at radius 1 is 1.08 bits per heavy atom. The number of aromatic nitrogens is 3. The first-order valence-corrected chi connectivity index (χ1v) is 8.33. The van der Waals surface area contributed by atoms with Crippen LogP contribution in [-0.2, 0) is 0 Å². The SMILES string of the molecule is Cc1cc(C)c2nc(NC(=O)c3cnc4ccccc4n3)sc2c1. The fraction of sp³-hybridized carbons (Fsp3) is 0.111. The van der Waals surface area contributed by atoms with Gasteiger partial charge in [-0.3, -0.25) is 15.1 Å². The molecule has 0 aliphatic rings. The monoisotopic (exact) mass is 334 g/mol. The molecule has 0 saturated carbocycles. The van der Waals surface area contributed by atoms with Gasteiger partial charge in [0.15, 0.2) is 5.13 Å². The number of thiazole rings is 1. The average molecular weight is 334 g/mol. The van der Waals surface area contributed by atoms with E-state index in [1.54, 1.807) is 0 Å². The Bertz CT molecular complexity index is 1090. The lowest BCUT2D eigenvalue weighted by molar-refractivity contribution is 0.102. The third kappa shape index (κ3) is 2.61. The van der Waals surface area contributed by atoms with Crippen molar-refractivity contribution in [2.24, 2.45) is 0 Å². The molecule has 0 atom stereocenters. The summed E-state index contributed by atoms with van der Waals surface area (Å²) in [5.74, 6) is -0.304. The highest BCUT2D eigenvalue weighted by molar-refractivity contribution is 7.22. The molecule has 0 fully saturated rings. The normalized spacial score (nSPS) is 11.1. The molecule has 5 nitrogen and oxygen atoms in total. The summed E-state index contributed by atoms with van der Waals surface area (Å²) in [4.78, 5) is 25.6. The van der Waals surface area contributed by atoms with Gasteiger partial charge in [0.25, 0.3) is 5.91 Å². The fourth-order valence-electron chi connectivity index (χ4n) is 2.65. The summed E-state index contributed by atoms with van der Waals surface area (Å²) >= 11 is 1.46. The molecule has 1 amide bonds. The third-order valence-electron chi connectivity index (χ3n) is 3.73. The molecule has 0 unspecified atom stereocenters. The highest BCUT2D eigenvalue weighted by Crippen LogP contribution is 2.29. The predicted octanol–water partition coefficient (Wildman–Crippen LogP) is 4.11. The molecule has 0 spiro atoms. The Kier molecular flexibility index (Phi) is 3.46. The van der Waals surface area contributed by atoms with E-state index in [-0.39, 0.29) is 11.6 Å². The van der Waals surface area contributed by atoms with Crippen molar-refractivity contribution in [1.29, 1.82) is 0 Å². The zero-order chi connectivity index (χ0) is 16.7. The van der Waals surface area contributed by atoms with Crippen molar-refractivity contribution in [3.05, 3.63) is 59.4 Å². The van der Waals surface area contributed by atoms with E-state index < -0.39 is 0 Å². The summed E-state index contributed by atoms with van der Waals surface area (Å²) in [6.07, 6.45) is 1.49. The molecule has 4 rings (SSSR count). The number of carbonyl (C=O) groups is 1. The Morgan fingerprint density at radius 3 is 2.71 bits per heavy atom. The molecule has 118 valence electrons. The minimum Gasteiger partial charge on any atom is -0.296 e. The number of rotatable bonds is 2. The fourth-order valence-corrected chi connectivity index (χ4v) is 3.69. The lowest BCUT2D eigenvalue weighted by Gasteiger charge is -2.02. The summed E-state index contributed by atoms with van der Waals surface area (Å²) in [7, 11) is 0. The van der Waals surface area contributed by atoms with Gasteiger partial charge in [0, 0.05) is 0 Å². The maximum atomic E-state index is 12.4. The molecular formula is C18H14N4OS. The molecule has 6 heteroatoms. The number of aryl methyl sites for hydroxylation is 2. The quantitative estimate of drug-likeness (QED) is 0.599. The second-order valence-electron chi connectivity index (χ2n) is 5.65. The smallest absolute Gasteiger partial charge is 0.277 e. The first kappa shape index (κ1) is 14.7. The number of hydrogen-bond acceptors (Lipinski definition) is 5. The summed E-state index contributed by atoms with van der Waals surface area (Å²) in [6.45, 7) is 4.07. The average Bonchev–Trinajstić information content (AvgIpc) is 2.97. The van der Waals surface area contributed by atoms with E-state index in [1.165, 1.54) is 23.1 Å². The number of amides is 1. The molecule has 1 N–H and O–H groups in total. The largest absolute Gasteiger partial charge is 0.296 e. The Morgan fingerprint density at radius 2 is 1.88 bits per heavy atom. The van der Waals surface area contributed by atoms with Crippen molar-refractivity contribution >= 4 is 43.6 Å². The van der Waals surface area contributed by atoms with Crippen LogP contribution in [-0.4, -0.2) is 20.9 Å². The van der Waals surface area contributed by atoms with Crippen molar-refractivity contribution in [2.45, 2.75) is 13.8 Å². The number of nitrogens with one attached hydrogen (secondary N) is 1. The number of carbonyl (C=O) groups excluding carboxylic acids is 1. The van der Waals surface area contributed by atoms with Crippen molar-refractivity contribution in [3.63, 3.8) is 0 Å². The molecule has 4 aromatic rings. The number of benzene rings is 2. The van der Waals surface area contributed by atoms with Crippen LogP contribution < -0.4 is 5.32 Å². The zero-order valence-electron chi connectivity index (χ0n) is 13.2. The molecule has 2 aromatic heterocycles. The van der Waals surface area contributed by atoms with Gasteiger partial charge < -0.3 is 0 Å². The standard InChI is InChI=1S/C18H14N4OS/c1-10-7-11(2)16-15(8-10)24-18(21-16)22-17(23)14-9-19-12-5-3-4-6-13(12)20-14/h3-9H,1-2H3,(H,21,22,23). The van der Waals surface area contributed by atoms with Crippen LogP contribution >= 0.6 is 11.3 Å². The van der Waals surface area contributed by atoms with Crippen molar-refractivity contribution in [2.75, 3.05) is 5.32 Å². The third-order valence-corrected chi connectivity index (χ3v) is 4.65. The van der Waals surface area contributed by atoms with Gasteiger partial charge in [-0.05, 0) is 43.2 Å². The van der Waals surface area contributed by atoms with Crippen molar-refractivity contribution < 1.29 is 4.79 Å². The van der Waals surface area contributed by atoms with E-state index in [1.807, 2.05) is 31.2 Å². The summed E-state index contributed by atoms with van der Waals surface area (Å²) < 4.78 is 1.06. The van der Waals surface area contributed by atoms with Gasteiger partial charge in [-0.25, -0.2) is 9.97 Å². The number of hydrogen-bond donors (Lipinski definition) is 1. The van der Waals surface area contributed by atoms with Crippen LogP contribution in [0.15, 0.2) is 42.6 Å². The molecule has 0 radical (unpaired) electrons. The summed E-state index contributed by atoms with van der Waals surface area (Å²) in [5.41, 5.74) is 4.95. The second kappa shape index (κ2) is 5.65. The highest BCUT2D eigenvalue weighted by atomic mass is 32.1. The minimum atomic E-state index is -0.304. The maximum absolute atomic E-state index is 12.4. The number of anilines is 1. The molecule has 0 aliphatic carbocycles. The van der Waals surface area contributed by atoms with Gasteiger partial charge >= 0.3 is 0 Å². The predicted molar refractivity (Wildman–Crippen MR) is 96.6 cm³/mol. The number of nitrogens with zero attached hydrogens (tertiary/aromatic N) is 3. The second-order valence-corrected chi connectivity index (χ2v) is 6.68. The zero-order valence-corrected chi connectivity index (χ0v) is 14.0. The molecule has 0 aliphatic heterocycles. The van der Waals surface area contributed by atoms with Gasteiger partial charge in [0.2, 0.25) is 0 Å². The molecule has 24 heavy (non-hydrogen) atoms. The first-order chi connectivity index (χ1) is 11.6. The van der Waals surface area contributed by atoms with E-state index in [2.05, 4.69) is 39.3 Å². The minimum absolute atomic E-state index is 0.279. The molecule has 2 heterocycles. The summed E-state index contributed by atoms with van der Waals surface area (Å²) in [5, 5.41) is 3.39. The van der Waals surface area contributed by atoms with Crippen LogP contribution in [0.5, 0.6) is 0 Å². The van der Waals surface area contributed by atoms with Gasteiger partial charge in [-0.15, -0.1) is 0 Å². The van der Waals surface area contributed by atoms with Gasteiger partial charge in [-0.1, -0.05) is 29.5 Å². The van der Waals surface area contributed by atoms with E-state index >= 15 is 0 Å². The highest BCUT2D eigenvalue weighted by Gasteiger charge is 2.13. The Balaban J connectivity index is 1.66.